The van der Waals surface area contributed by atoms with Gasteiger partial charge in [0.15, 0.2) is 0 Å². The molecule has 0 aliphatic rings. The van der Waals surface area contributed by atoms with Crippen molar-refractivity contribution in [2.75, 3.05) is 5.75 Å². The van der Waals surface area contributed by atoms with Gasteiger partial charge in [0.25, 0.3) is 0 Å². The van der Waals surface area contributed by atoms with E-state index in [1.165, 1.54) is 4.90 Å². The number of carboxylic acids is 1. The largest absolute Gasteiger partial charge is 0.481 e. The molecule has 1 aromatic carbocycles. The molecule has 1 aromatic rings. The second-order valence-corrected chi connectivity index (χ2v) is 6.19. The van der Waals surface area contributed by atoms with Crippen molar-refractivity contribution in [1.82, 2.24) is 5.32 Å². The number of nitrogens with one attached hydrogen (secondary N) is 1. The van der Waals surface area contributed by atoms with Crippen LogP contribution in [0.3, 0.4) is 0 Å². The Bertz CT molecular complexity index is 436. The van der Waals surface area contributed by atoms with Gasteiger partial charge < -0.3 is 10.4 Å². The van der Waals surface area contributed by atoms with E-state index in [9.17, 15) is 9.59 Å². The van der Waals surface area contributed by atoms with Crippen LogP contribution in [0.2, 0.25) is 0 Å². The zero-order valence-corrected chi connectivity index (χ0v) is 13.2. The Kier molecular flexibility index (Phi) is 8.59. The second-order valence-electron chi connectivity index (χ2n) is 5.02. The van der Waals surface area contributed by atoms with E-state index in [0.717, 1.165) is 12.2 Å². The van der Waals surface area contributed by atoms with Gasteiger partial charge in [0.05, 0.1) is 0 Å². The first-order valence-electron chi connectivity index (χ1n) is 7.27. The van der Waals surface area contributed by atoms with Gasteiger partial charge >= 0.3 is 5.97 Å². The van der Waals surface area contributed by atoms with Gasteiger partial charge in [-0.3, -0.25) is 9.59 Å². The van der Waals surface area contributed by atoms with Crippen LogP contribution in [0, 0.1) is 0 Å². The van der Waals surface area contributed by atoms with Gasteiger partial charge in [0.1, 0.15) is 0 Å². The summed E-state index contributed by atoms with van der Waals surface area (Å²) in [4.78, 5) is 23.4. The number of amides is 1. The van der Waals surface area contributed by atoms with Gasteiger partial charge in [-0.2, -0.15) is 0 Å². The molecule has 2 N–H and O–H groups in total. The summed E-state index contributed by atoms with van der Waals surface area (Å²) < 4.78 is 0. The van der Waals surface area contributed by atoms with Crippen LogP contribution in [-0.4, -0.2) is 28.8 Å². The van der Waals surface area contributed by atoms with E-state index in [1.807, 2.05) is 25.1 Å². The first kappa shape index (κ1) is 17.6. The van der Waals surface area contributed by atoms with Gasteiger partial charge in [-0.1, -0.05) is 18.2 Å². The topological polar surface area (TPSA) is 66.4 Å². The number of rotatable bonds is 10. The third kappa shape index (κ3) is 9.13. The van der Waals surface area contributed by atoms with Crippen LogP contribution in [0.4, 0.5) is 0 Å². The van der Waals surface area contributed by atoms with Crippen LogP contribution >= 0.6 is 11.8 Å². The van der Waals surface area contributed by atoms with Crippen molar-refractivity contribution in [3.8, 4) is 0 Å². The molecule has 0 spiro atoms. The molecule has 1 atom stereocenters. The summed E-state index contributed by atoms with van der Waals surface area (Å²) in [6, 6.07) is 10.2. The maximum Gasteiger partial charge on any atom is 0.303 e. The fourth-order valence-corrected chi connectivity index (χ4v) is 2.79. The number of hydrogen-bond donors (Lipinski definition) is 2. The van der Waals surface area contributed by atoms with Gasteiger partial charge in [-0.05, 0) is 44.1 Å². The van der Waals surface area contributed by atoms with Crippen molar-refractivity contribution in [2.24, 2.45) is 0 Å². The SMILES string of the molecule is CC(CCCC(=O)O)NC(=O)CCCSc1ccccc1. The third-order valence-electron chi connectivity index (χ3n) is 3.00. The Hall–Kier alpha value is -1.49. The third-order valence-corrected chi connectivity index (χ3v) is 4.09. The molecule has 0 radical (unpaired) electrons. The van der Waals surface area contributed by atoms with Crippen LogP contribution in [0.25, 0.3) is 0 Å². The van der Waals surface area contributed by atoms with Gasteiger partial charge in [0.2, 0.25) is 5.91 Å². The molecule has 0 heterocycles. The van der Waals surface area contributed by atoms with E-state index < -0.39 is 5.97 Å². The van der Waals surface area contributed by atoms with Crippen LogP contribution in [0.1, 0.15) is 39.0 Å². The molecule has 0 fully saturated rings. The van der Waals surface area contributed by atoms with Crippen molar-refractivity contribution < 1.29 is 14.7 Å². The molecule has 0 aliphatic heterocycles. The molecular weight excluding hydrogens is 286 g/mol. The van der Waals surface area contributed by atoms with Gasteiger partial charge in [-0.15, -0.1) is 11.8 Å². The number of aliphatic carboxylic acids is 1. The normalized spacial score (nSPS) is 11.9. The number of hydrogen-bond acceptors (Lipinski definition) is 3. The van der Waals surface area contributed by atoms with E-state index >= 15 is 0 Å². The minimum absolute atomic E-state index is 0.0404. The highest BCUT2D eigenvalue weighted by atomic mass is 32.2. The van der Waals surface area contributed by atoms with Crippen molar-refractivity contribution in [3.05, 3.63) is 30.3 Å². The monoisotopic (exact) mass is 309 g/mol. The van der Waals surface area contributed by atoms with E-state index in [4.69, 9.17) is 5.11 Å². The van der Waals surface area contributed by atoms with Crippen LogP contribution in [0.5, 0.6) is 0 Å². The zero-order chi connectivity index (χ0) is 15.5. The zero-order valence-electron chi connectivity index (χ0n) is 12.4. The number of benzene rings is 1. The summed E-state index contributed by atoms with van der Waals surface area (Å²) in [7, 11) is 0. The number of thioether (sulfide) groups is 1. The molecule has 21 heavy (non-hydrogen) atoms. The van der Waals surface area contributed by atoms with Crippen LogP contribution in [-0.2, 0) is 9.59 Å². The van der Waals surface area contributed by atoms with E-state index in [0.29, 0.717) is 19.3 Å². The molecule has 1 rings (SSSR count). The Balaban J connectivity index is 2.06. The summed E-state index contributed by atoms with van der Waals surface area (Å²) >= 11 is 1.75. The maximum atomic E-state index is 11.7. The van der Waals surface area contributed by atoms with Crippen molar-refractivity contribution in [1.29, 1.82) is 0 Å². The summed E-state index contributed by atoms with van der Waals surface area (Å²) in [5.41, 5.74) is 0. The van der Waals surface area contributed by atoms with Crippen LogP contribution in [0.15, 0.2) is 35.2 Å². The Morgan fingerprint density at radius 2 is 1.90 bits per heavy atom. The van der Waals surface area contributed by atoms with Crippen LogP contribution < -0.4 is 5.32 Å². The number of carbonyl (C=O) groups excluding carboxylic acids is 1. The first-order valence-corrected chi connectivity index (χ1v) is 8.25. The minimum Gasteiger partial charge on any atom is -0.481 e. The van der Waals surface area contributed by atoms with E-state index in [-0.39, 0.29) is 18.4 Å². The summed E-state index contributed by atoms with van der Waals surface area (Å²) in [6.07, 6.45) is 2.82. The highest BCUT2D eigenvalue weighted by molar-refractivity contribution is 7.99. The summed E-state index contributed by atoms with van der Waals surface area (Å²) in [5, 5.41) is 11.5. The molecule has 0 saturated heterocycles. The molecule has 0 aromatic heterocycles. The van der Waals surface area contributed by atoms with E-state index in [1.54, 1.807) is 11.8 Å². The second kappa shape index (κ2) is 10.3. The van der Waals surface area contributed by atoms with Gasteiger partial charge in [-0.25, -0.2) is 0 Å². The molecule has 1 amide bonds. The smallest absolute Gasteiger partial charge is 0.303 e. The molecule has 4 nitrogen and oxygen atoms in total. The lowest BCUT2D eigenvalue weighted by Gasteiger charge is -2.13. The minimum atomic E-state index is -0.786. The van der Waals surface area contributed by atoms with E-state index in [2.05, 4.69) is 17.4 Å². The fraction of sp³-hybridized carbons (Fsp3) is 0.500. The predicted octanol–water partition coefficient (Wildman–Crippen LogP) is 3.32. The fourth-order valence-electron chi connectivity index (χ4n) is 1.92. The van der Waals surface area contributed by atoms with Gasteiger partial charge in [0, 0.05) is 23.8 Å². The lowest BCUT2D eigenvalue weighted by molar-refractivity contribution is -0.137. The highest BCUT2D eigenvalue weighted by Crippen LogP contribution is 2.18. The highest BCUT2D eigenvalue weighted by Gasteiger charge is 2.08. The van der Waals surface area contributed by atoms with Crippen molar-refractivity contribution in [2.45, 2.75) is 50.0 Å². The molecule has 5 heteroatoms. The molecule has 116 valence electrons. The Morgan fingerprint density at radius 1 is 1.19 bits per heavy atom. The summed E-state index contributed by atoms with van der Waals surface area (Å²) in [6.45, 7) is 1.92. The number of carboxylic acid groups (broad SMARTS) is 1. The predicted molar refractivity (Wildman–Crippen MR) is 85.5 cm³/mol. The molecule has 0 bridgehead atoms. The Morgan fingerprint density at radius 3 is 2.57 bits per heavy atom. The summed E-state index contributed by atoms with van der Waals surface area (Å²) in [5.74, 6) is 0.183. The lowest BCUT2D eigenvalue weighted by Crippen LogP contribution is -2.32. The molecule has 1 unspecified atom stereocenters. The van der Waals surface area contributed by atoms with Crippen molar-refractivity contribution >= 4 is 23.6 Å². The molecule has 0 aliphatic carbocycles. The molecular formula is C16H23NO3S. The average molecular weight is 309 g/mol. The Labute approximate surface area is 130 Å². The maximum absolute atomic E-state index is 11.7. The average Bonchev–Trinajstić information content (AvgIpc) is 2.44. The lowest BCUT2D eigenvalue weighted by atomic mass is 10.1. The van der Waals surface area contributed by atoms with Crippen molar-refractivity contribution in [3.63, 3.8) is 0 Å². The first-order chi connectivity index (χ1) is 10.1. The molecule has 0 saturated carbocycles. The standard InChI is InChI=1S/C16H23NO3S/c1-13(7-5-11-16(19)20)17-15(18)10-6-12-21-14-8-3-2-4-9-14/h2-4,8-9,13H,5-7,10-12H2,1H3,(H,17,18)(H,19,20). The quantitative estimate of drug-likeness (QED) is 0.514. The number of carbonyl (C=O) groups is 2.